The van der Waals surface area contributed by atoms with Gasteiger partial charge in [-0.25, -0.2) is 0 Å². The van der Waals surface area contributed by atoms with Gasteiger partial charge in [0.05, 0.1) is 11.7 Å². The molecule has 7 heteroatoms. The van der Waals surface area contributed by atoms with E-state index in [-0.39, 0.29) is 29.9 Å². The zero-order chi connectivity index (χ0) is 24.9. The summed E-state index contributed by atoms with van der Waals surface area (Å²) < 4.78 is 12.1. The van der Waals surface area contributed by atoms with Crippen LogP contribution >= 0.6 is 0 Å². The van der Waals surface area contributed by atoms with Crippen molar-refractivity contribution in [1.82, 2.24) is 9.80 Å². The second-order valence-electron chi connectivity index (χ2n) is 10.0. The van der Waals surface area contributed by atoms with Crippen LogP contribution in [0.3, 0.4) is 0 Å². The summed E-state index contributed by atoms with van der Waals surface area (Å²) in [5.41, 5.74) is 1.54. The molecule has 0 saturated heterocycles. The molecule has 0 bridgehead atoms. The summed E-state index contributed by atoms with van der Waals surface area (Å²) in [7, 11) is 3.50. The van der Waals surface area contributed by atoms with Crippen molar-refractivity contribution in [2.24, 2.45) is 11.8 Å². The van der Waals surface area contributed by atoms with Crippen molar-refractivity contribution in [2.75, 3.05) is 45.7 Å². The Morgan fingerprint density at radius 1 is 1.11 bits per heavy atom. The first-order valence-corrected chi connectivity index (χ1v) is 12.5. The molecule has 1 saturated carbocycles. The normalized spacial score (nSPS) is 24.1. The fourth-order valence-electron chi connectivity index (χ4n) is 4.61. The van der Waals surface area contributed by atoms with Gasteiger partial charge < -0.3 is 19.7 Å². The average Bonchev–Trinajstić information content (AvgIpc) is 3.69. The molecule has 2 aromatic rings. The number of benzene rings is 2. The number of carbonyl (C=O) groups is 2. The number of fused-ring (bicyclic) bond motifs is 1. The van der Waals surface area contributed by atoms with Crippen LogP contribution in [0, 0.1) is 11.8 Å². The van der Waals surface area contributed by atoms with E-state index in [0.29, 0.717) is 35.7 Å². The van der Waals surface area contributed by atoms with E-state index in [1.807, 2.05) is 18.2 Å². The molecule has 3 atom stereocenters. The lowest BCUT2D eigenvalue weighted by Crippen LogP contribution is -2.47. The van der Waals surface area contributed by atoms with Gasteiger partial charge in [-0.2, -0.15) is 0 Å². The van der Waals surface area contributed by atoms with Crippen LogP contribution in [0.25, 0.3) is 0 Å². The molecule has 1 heterocycles. The van der Waals surface area contributed by atoms with Gasteiger partial charge in [0, 0.05) is 51.1 Å². The minimum atomic E-state index is -0.224. The molecule has 2 aliphatic rings. The highest BCUT2D eigenvalue weighted by atomic mass is 16.5. The van der Waals surface area contributed by atoms with Crippen molar-refractivity contribution < 1.29 is 19.1 Å². The van der Waals surface area contributed by atoms with E-state index in [2.05, 4.69) is 24.1 Å². The van der Waals surface area contributed by atoms with E-state index in [9.17, 15) is 9.59 Å². The van der Waals surface area contributed by atoms with E-state index in [0.717, 1.165) is 19.0 Å². The Hall–Kier alpha value is -2.90. The molecular formula is C28H37N3O4. The Labute approximate surface area is 208 Å². The Bertz CT molecular complexity index is 1020. The van der Waals surface area contributed by atoms with Gasteiger partial charge in [0.25, 0.3) is 11.8 Å². The lowest BCUT2D eigenvalue weighted by atomic mass is 10.0. The highest BCUT2D eigenvalue weighted by Gasteiger charge is 2.31. The van der Waals surface area contributed by atoms with Crippen molar-refractivity contribution in [1.29, 1.82) is 0 Å². The fraction of sp³-hybridized carbons (Fsp3) is 0.500. The maximum Gasteiger partial charge on any atom is 0.257 e. The van der Waals surface area contributed by atoms with Crippen LogP contribution in [0.15, 0.2) is 48.5 Å². The van der Waals surface area contributed by atoms with Gasteiger partial charge in [0.2, 0.25) is 0 Å². The Morgan fingerprint density at radius 3 is 2.54 bits per heavy atom. The van der Waals surface area contributed by atoms with Gasteiger partial charge in [-0.1, -0.05) is 25.1 Å². The quantitative estimate of drug-likeness (QED) is 0.698. The van der Waals surface area contributed by atoms with Crippen LogP contribution in [0.5, 0.6) is 5.75 Å². The topological polar surface area (TPSA) is 71.1 Å². The number of methoxy groups -OCH3 is 1. The van der Waals surface area contributed by atoms with E-state index in [4.69, 9.17) is 9.47 Å². The molecule has 1 N–H and O–H groups in total. The first-order chi connectivity index (χ1) is 16.9. The summed E-state index contributed by atoms with van der Waals surface area (Å²) in [5, 5.41) is 2.90. The molecule has 188 valence electrons. The molecule has 0 radical (unpaired) electrons. The van der Waals surface area contributed by atoms with Crippen LogP contribution in [-0.2, 0) is 4.74 Å². The third kappa shape index (κ3) is 6.41. The largest absolute Gasteiger partial charge is 0.491 e. The summed E-state index contributed by atoms with van der Waals surface area (Å²) in [6.07, 6.45) is 2.51. The zero-order valence-corrected chi connectivity index (χ0v) is 21.2. The summed E-state index contributed by atoms with van der Waals surface area (Å²) in [5.74, 6) is 1.17. The summed E-state index contributed by atoms with van der Waals surface area (Å²) in [6, 6.07) is 14.5. The Kier molecular flexibility index (Phi) is 8.08. The lowest BCUT2D eigenvalue weighted by molar-refractivity contribution is 0.00994. The average molecular weight is 480 g/mol. The number of nitrogens with one attached hydrogen (secondary N) is 1. The van der Waals surface area contributed by atoms with Crippen LogP contribution < -0.4 is 10.1 Å². The molecule has 0 spiro atoms. The Balaban J connectivity index is 1.60. The van der Waals surface area contributed by atoms with Crippen LogP contribution in [-0.4, -0.2) is 74.2 Å². The SMILES string of the molecule is CO[C@@H]1CN(C)C(=O)c2cc(NC(=O)c3ccccc3)ccc2OC[C@@H](C)N(CC2CC2)C[C@@H]1C. The minimum absolute atomic E-state index is 0.0809. The number of ether oxygens (including phenoxy) is 2. The van der Waals surface area contributed by atoms with Crippen molar-refractivity contribution in [3.63, 3.8) is 0 Å². The number of nitrogens with zero attached hydrogens (tertiary/aromatic N) is 2. The molecule has 1 aliphatic carbocycles. The zero-order valence-electron chi connectivity index (χ0n) is 21.2. The van der Waals surface area contributed by atoms with Crippen molar-refractivity contribution in [3.05, 3.63) is 59.7 Å². The highest BCUT2D eigenvalue weighted by molar-refractivity contribution is 6.05. The molecule has 0 aromatic heterocycles. The lowest BCUT2D eigenvalue weighted by Gasteiger charge is -2.36. The fourth-order valence-corrected chi connectivity index (χ4v) is 4.61. The molecule has 1 fully saturated rings. The number of amides is 2. The predicted molar refractivity (Wildman–Crippen MR) is 137 cm³/mol. The second kappa shape index (κ2) is 11.2. The molecular weight excluding hydrogens is 442 g/mol. The first kappa shape index (κ1) is 25.2. The molecule has 1 aliphatic heterocycles. The summed E-state index contributed by atoms with van der Waals surface area (Å²) in [4.78, 5) is 30.4. The predicted octanol–water partition coefficient (Wildman–Crippen LogP) is 4.15. The number of anilines is 1. The number of hydrogen-bond acceptors (Lipinski definition) is 5. The second-order valence-corrected chi connectivity index (χ2v) is 10.0. The van der Waals surface area contributed by atoms with E-state index in [1.54, 1.807) is 49.4 Å². The number of hydrogen-bond donors (Lipinski definition) is 1. The number of likely N-dealkylation sites (N-methyl/N-ethyl adjacent to an activating group) is 1. The van der Waals surface area contributed by atoms with E-state index >= 15 is 0 Å². The number of carbonyl (C=O) groups excluding carboxylic acids is 2. The smallest absolute Gasteiger partial charge is 0.257 e. The van der Waals surface area contributed by atoms with E-state index < -0.39 is 0 Å². The maximum atomic E-state index is 13.5. The van der Waals surface area contributed by atoms with Gasteiger partial charge in [-0.3, -0.25) is 14.5 Å². The molecule has 0 unspecified atom stereocenters. The first-order valence-electron chi connectivity index (χ1n) is 12.5. The minimum Gasteiger partial charge on any atom is -0.491 e. The summed E-state index contributed by atoms with van der Waals surface area (Å²) >= 11 is 0. The molecule has 4 rings (SSSR count). The molecule has 2 amide bonds. The summed E-state index contributed by atoms with van der Waals surface area (Å²) in [6.45, 7) is 7.30. The van der Waals surface area contributed by atoms with Gasteiger partial charge >= 0.3 is 0 Å². The highest BCUT2D eigenvalue weighted by Crippen LogP contribution is 2.32. The van der Waals surface area contributed by atoms with E-state index in [1.165, 1.54) is 12.8 Å². The molecule has 35 heavy (non-hydrogen) atoms. The van der Waals surface area contributed by atoms with Crippen molar-refractivity contribution >= 4 is 17.5 Å². The third-order valence-electron chi connectivity index (χ3n) is 7.06. The van der Waals surface area contributed by atoms with Crippen LogP contribution in [0.4, 0.5) is 5.69 Å². The van der Waals surface area contributed by atoms with Crippen molar-refractivity contribution in [2.45, 2.75) is 38.8 Å². The monoisotopic (exact) mass is 479 g/mol. The van der Waals surface area contributed by atoms with Crippen molar-refractivity contribution in [3.8, 4) is 5.75 Å². The molecule has 2 aromatic carbocycles. The molecule has 7 nitrogen and oxygen atoms in total. The van der Waals surface area contributed by atoms with Gasteiger partial charge in [-0.05, 0) is 61.9 Å². The van der Waals surface area contributed by atoms with Gasteiger partial charge in [0.1, 0.15) is 12.4 Å². The standard InChI is InChI=1S/C28H37N3O4/c1-19-15-31(16-21-10-11-21)20(2)18-35-25-13-12-23(29-27(32)22-8-6-5-7-9-22)14-24(25)28(33)30(3)17-26(19)34-4/h5-9,12-14,19-21,26H,10-11,15-18H2,1-4H3,(H,29,32)/t19-,20+,26+/m0/s1. The van der Waals surface area contributed by atoms with Gasteiger partial charge in [-0.15, -0.1) is 0 Å². The number of rotatable bonds is 5. The third-order valence-corrected chi connectivity index (χ3v) is 7.06. The maximum absolute atomic E-state index is 13.5. The van der Waals surface area contributed by atoms with Gasteiger partial charge in [0.15, 0.2) is 0 Å². The Morgan fingerprint density at radius 2 is 1.86 bits per heavy atom. The van der Waals surface area contributed by atoms with Crippen LogP contribution in [0.1, 0.15) is 47.4 Å². The van der Waals surface area contributed by atoms with Crippen LogP contribution in [0.2, 0.25) is 0 Å².